The number of nitrogens with one attached hydrogen (secondary N) is 1. The zero-order valence-electron chi connectivity index (χ0n) is 14.9. The van der Waals surface area contributed by atoms with Crippen molar-refractivity contribution in [2.24, 2.45) is 0 Å². The number of carbonyl (C=O) groups excluding carboxylic acids is 1. The van der Waals surface area contributed by atoms with Gasteiger partial charge in [-0.25, -0.2) is 0 Å². The Kier molecular flexibility index (Phi) is 3.71. The Morgan fingerprint density at radius 3 is 2.84 bits per heavy atom. The molecule has 0 bridgehead atoms. The number of hydrogen-bond donors (Lipinski definition) is 1. The molecule has 0 radical (unpaired) electrons. The van der Waals surface area contributed by atoms with E-state index >= 15 is 0 Å². The van der Waals surface area contributed by atoms with E-state index in [4.69, 9.17) is 9.47 Å². The zero-order valence-corrected chi connectivity index (χ0v) is 14.9. The molecule has 2 aromatic rings. The highest BCUT2D eigenvalue weighted by molar-refractivity contribution is 5.95. The van der Waals surface area contributed by atoms with Crippen molar-refractivity contribution < 1.29 is 14.3 Å². The number of amides is 1. The second kappa shape index (κ2) is 5.80. The van der Waals surface area contributed by atoms with Crippen LogP contribution in [0.4, 0.5) is 0 Å². The summed E-state index contributed by atoms with van der Waals surface area (Å²) in [6.45, 7) is 6.86. The Hall–Kier alpha value is -2.49. The first-order chi connectivity index (χ1) is 11.9. The van der Waals surface area contributed by atoms with Crippen molar-refractivity contribution in [2.45, 2.75) is 45.3 Å². The lowest BCUT2D eigenvalue weighted by Crippen LogP contribution is -2.41. The Morgan fingerprint density at radius 2 is 2.00 bits per heavy atom. The summed E-state index contributed by atoms with van der Waals surface area (Å²) < 4.78 is 11.6. The highest BCUT2D eigenvalue weighted by atomic mass is 16.5. The predicted octanol–water partition coefficient (Wildman–Crippen LogP) is 3.96. The van der Waals surface area contributed by atoms with E-state index in [1.807, 2.05) is 31.2 Å². The number of carbonyl (C=O) groups is 1. The molecule has 2 aromatic carbocycles. The molecule has 4 heteroatoms. The molecule has 4 nitrogen and oxygen atoms in total. The molecule has 1 amide bonds. The molecule has 0 aromatic heterocycles. The molecule has 25 heavy (non-hydrogen) atoms. The second-order valence-electron chi connectivity index (χ2n) is 7.55. The van der Waals surface area contributed by atoms with E-state index in [1.165, 1.54) is 0 Å². The van der Waals surface area contributed by atoms with Gasteiger partial charge in [-0.05, 0) is 56.2 Å². The highest BCUT2D eigenvalue weighted by Crippen LogP contribution is 2.40. The third-order valence-electron chi connectivity index (χ3n) is 4.88. The molecular formula is C21H23NO3. The molecule has 1 atom stereocenters. The Bertz CT molecular complexity index is 841. The van der Waals surface area contributed by atoms with Gasteiger partial charge in [0.25, 0.3) is 5.91 Å². The van der Waals surface area contributed by atoms with E-state index in [0.717, 1.165) is 41.0 Å². The van der Waals surface area contributed by atoms with Crippen LogP contribution >= 0.6 is 0 Å². The Balaban J connectivity index is 1.61. The molecule has 1 N–H and O–H groups in total. The average Bonchev–Trinajstić information content (AvgIpc) is 3.00. The minimum absolute atomic E-state index is 0.0519. The molecule has 2 heterocycles. The zero-order chi connectivity index (χ0) is 17.6. The maximum atomic E-state index is 12.8. The SMILES string of the molecule is Cc1ccc2c(c1)OC(C)(C)CC2NC(=O)c1ccc2c(c1)CCO2. The summed E-state index contributed by atoms with van der Waals surface area (Å²) in [5, 5.41) is 3.20. The highest BCUT2D eigenvalue weighted by Gasteiger charge is 2.34. The van der Waals surface area contributed by atoms with Crippen LogP contribution in [0, 0.1) is 6.92 Å². The molecule has 0 fully saturated rings. The number of fused-ring (bicyclic) bond motifs is 2. The molecule has 2 aliphatic heterocycles. The molecule has 4 rings (SSSR count). The van der Waals surface area contributed by atoms with E-state index in [9.17, 15) is 4.79 Å². The van der Waals surface area contributed by atoms with Crippen LogP contribution < -0.4 is 14.8 Å². The van der Waals surface area contributed by atoms with Crippen molar-refractivity contribution in [3.05, 3.63) is 58.7 Å². The van der Waals surface area contributed by atoms with Crippen LogP contribution in [0.2, 0.25) is 0 Å². The minimum Gasteiger partial charge on any atom is -0.493 e. The van der Waals surface area contributed by atoms with E-state index in [0.29, 0.717) is 12.2 Å². The number of aryl methyl sites for hydroxylation is 1. The third-order valence-corrected chi connectivity index (χ3v) is 4.88. The smallest absolute Gasteiger partial charge is 0.251 e. The maximum absolute atomic E-state index is 12.8. The third kappa shape index (κ3) is 3.09. The fourth-order valence-electron chi connectivity index (χ4n) is 3.66. The standard InChI is InChI=1S/C21H23NO3/c1-13-4-6-16-17(12-21(2,3)25-19(16)10-13)22-20(23)15-5-7-18-14(11-15)8-9-24-18/h4-7,10-11,17H,8-9,12H2,1-3H3,(H,22,23). The van der Waals surface area contributed by atoms with Gasteiger partial charge in [0.1, 0.15) is 17.1 Å². The van der Waals surface area contributed by atoms with Crippen LogP contribution in [0.1, 0.15) is 53.4 Å². The van der Waals surface area contributed by atoms with E-state index in [-0.39, 0.29) is 17.6 Å². The maximum Gasteiger partial charge on any atom is 0.251 e. The molecule has 130 valence electrons. The number of ether oxygens (including phenoxy) is 2. The predicted molar refractivity (Wildman–Crippen MR) is 96.4 cm³/mol. The van der Waals surface area contributed by atoms with Gasteiger partial charge in [0.05, 0.1) is 12.6 Å². The van der Waals surface area contributed by atoms with Crippen molar-refractivity contribution in [3.8, 4) is 11.5 Å². The molecule has 0 spiro atoms. The molecule has 0 aliphatic carbocycles. The fraction of sp³-hybridized carbons (Fsp3) is 0.381. The second-order valence-corrected chi connectivity index (χ2v) is 7.55. The summed E-state index contributed by atoms with van der Waals surface area (Å²) in [6, 6.07) is 11.8. The van der Waals surface area contributed by atoms with Crippen molar-refractivity contribution in [2.75, 3.05) is 6.61 Å². The molecule has 1 unspecified atom stereocenters. The van der Waals surface area contributed by atoms with Crippen molar-refractivity contribution >= 4 is 5.91 Å². The van der Waals surface area contributed by atoms with Gasteiger partial charge in [0.2, 0.25) is 0 Å². The van der Waals surface area contributed by atoms with E-state index < -0.39 is 0 Å². The summed E-state index contributed by atoms with van der Waals surface area (Å²) in [4.78, 5) is 12.8. The van der Waals surface area contributed by atoms with Crippen LogP contribution in [-0.4, -0.2) is 18.1 Å². The number of rotatable bonds is 2. The summed E-state index contributed by atoms with van der Waals surface area (Å²) in [5.41, 5.74) is 3.67. The van der Waals surface area contributed by atoms with Crippen LogP contribution in [-0.2, 0) is 6.42 Å². The van der Waals surface area contributed by atoms with Gasteiger partial charge in [-0.3, -0.25) is 4.79 Å². The topological polar surface area (TPSA) is 47.6 Å². The van der Waals surface area contributed by atoms with Gasteiger partial charge in [-0.1, -0.05) is 12.1 Å². The monoisotopic (exact) mass is 337 g/mol. The first-order valence-corrected chi connectivity index (χ1v) is 8.77. The molecular weight excluding hydrogens is 314 g/mol. The van der Waals surface area contributed by atoms with Gasteiger partial charge in [0, 0.05) is 24.0 Å². The molecule has 2 aliphatic rings. The molecule has 0 saturated carbocycles. The van der Waals surface area contributed by atoms with Gasteiger partial charge in [-0.2, -0.15) is 0 Å². The van der Waals surface area contributed by atoms with Crippen LogP contribution in [0.25, 0.3) is 0 Å². The van der Waals surface area contributed by atoms with E-state index in [2.05, 4.69) is 31.3 Å². The van der Waals surface area contributed by atoms with Crippen LogP contribution in [0.5, 0.6) is 11.5 Å². The first kappa shape index (κ1) is 16.0. The normalized spacial score (nSPS) is 20.0. The Labute approximate surface area is 148 Å². The van der Waals surface area contributed by atoms with E-state index in [1.54, 1.807) is 0 Å². The fourth-order valence-corrected chi connectivity index (χ4v) is 3.66. The quantitative estimate of drug-likeness (QED) is 0.902. The van der Waals surface area contributed by atoms with Crippen molar-refractivity contribution in [3.63, 3.8) is 0 Å². The number of benzene rings is 2. The molecule has 0 saturated heterocycles. The average molecular weight is 337 g/mol. The van der Waals surface area contributed by atoms with Crippen molar-refractivity contribution in [1.82, 2.24) is 5.32 Å². The first-order valence-electron chi connectivity index (χ1n) is 8.77. The van der Waals surface area contributed by atoms with Crippen molar-refractivity contribution in [1.29, 1.82) is 0 Å². The van der Waals surface area contributed by atoms with Crippen LogP contribution in [0.3, 0.4) is 0 Å². The van der Waals surface area contributed by atoms with Crippen LogP contribution in [0.15, 0.2) is 36.4 Å². The summed E-state index contributed by atoms with van der Waals surface area (Å²) >= 11 is 0. The lowest BCUT2D eigenvalue weighted by molar-refractivity contribution is 0.0619. The van der Waals surface area contributed by atoms with Gasteiger partial charge >= 0.3 is 0 Å². The Morgan fingerprint density at radius 1 is 1.16 bits per heavy atom. The van der Waals surface area contributed by atoms with Gasteiger partial charge < -0.3 is 14.8 Å². The summed E-state index contributed by atoms with van der Waals surface area (Å²) in [6.07, 6.45) is 1.60. The van der Waals surface area contributed by atoms with Gasteiger partial charge in [-0.15, -0.1) is 0 Å². The van der Waals surface area contributed by atoms with Gasteiger partial charge in [0.15, 0.2) is 0 Å². The lowest BCUT2D eigenvalue weighted by Gasteiger charge is -2.38. The minimum atomic E-state index is -0.315. The number of hydrogen-bond acceptors (Lipinski definition) is 3. The summed E-state index contributed by atoms with van der Waals surface area (Å²) in [5.74, 6) is 1.71. The summed E-state index contributed by atoms with van der Waals surface area (Å²) in [7, 11) is 0. The largest absolute Gasteiger partial charge is 0.493 e. The lowest BCUT2D eigenvalue weighted by atomic mass is 9.89.